The zero-order chi connectivity index (χ0) is 20.7. The van der Waals surface area contributed by atoms with E-state index in [9.17, 15) is 9.46 Å². The van der Waals surface area contributed by atoms with Crippen molar-refractivity contribution in [2.75, 3.05) is 13.7 Å². The van der Waals surface area contributed by atoms with Crippen LogP contribution in [0.25, 0.3) is 11.8 Å². The van der Waals surface area contributed by atoms with Crippen molar-refractivity contribution in [3.05, 3.63) is 53.6 Å². The predicted molar refractivity (Wildman–Crippen MR) is 117 cm³/mol. The van der Waals surface area contributed by atoms with E-state index in [1.165, 1.54) is 0 Å². The summed E-state index contributed by atoms with van der Waals surface area (Å²) in [5.41, 5.74) is 1.61. The van der Waals surface area contributed by atoms with Gasteiger partial charge in [0.1, 0.15) is 11.5 Å². The van der Waals surface area contributed by atoms with E-state index in [4.69, 9.17) is 13.8 Å². The number of phosphoric ester groups is 1. The molecular weight excluding hydrogens is 407 g/mol. The molecule has 7 heteroatoms. The van der Waals surface area contributed by atoms with Crippen molar-refractivity contribution in [2.24, 2.45) is 0 Å². The Morgan fingerprint density at radius 1 is 1.03 bits per heavy atom. The van der Waals surface area contributed by atoms with Crippen LogP contribution in [0.3, 0.4) is 0 Å². The van der Waals surface area contributed by atoms with Gasteiger partial charge in [-0.25, -0.2) is 4.57 Å². The Balaban J connectivity index is 1.82. The fraction of sp³-hybridized carbons (Fsp3) is 0.364. The molecule has 1 heterocycles. The van der Waals surface area contributed by atoms with Crippen molar-refractivity contribution in [3.63, 3.8) is 0 Å². The van der Waals surface area contributed by atoms with Crippen LogP contribution >= 0.6 is 19.6 Å². The lowest BCUT2D eigenvalue weighted by Crippen LogP contribution is -1.99. The summed E-state index contributed by atoms with van der Waals surface area (Å²) < 4.78 is 28.9. The van der Waals surface area contributed by atoms with Crippen molar-refractivity contribution in [1.29, 1.82) is 0 Å². The Bertz CT molecular complexity index is 912. The van der Waals surface area contributed by atoms with Crippen molar-refractivity contribution in [3.8, 4) is 5.75 Å². The van der Waals surface area contributed by atoms with E-state index in [2.05, 4.69) is 6.92 Å². The van der Waals surface area contributed by atoms with Crippen LogP contribution < -0.4 is 4.74 Å². The Labute approximate surface area is 176 Å². The number of benzene rings is 2. The molecule has 2 aromatic rings. The number of hydrogen-bond acceptors (Lipinski definition) is 5. The molecule has 2 aromatic carbocycles. The Kier molecular flexibility index (Phi) is 7.84. The van der Waals surface area contributed by atoms with Crippen LogP contribution in [0, 0.1) is 0 Å². The van der Waals surface area contributed by atoms with Gasteiger partial charge in [-0.15, -0.1) is 0 Å². The molecule has 1 aliphatic heterocycles. The summed E-state index contributed by atoms with van der Waals surface area (Å²) in [6.45, 7) is 2.34. The summed E-state index contributed by atoms with van der Waals surface area (Å²) in [7, 11) is -2.64. The maximum Gasteiger partial charge on any atom is 0.527 e. The Hall–Kier alpha value is -1.72. The maximum atomic E-state index is 12.6. The second-order valence-corrected chi connectivity index (χ2v) is 9.22. The Morgan fingerprint density at radius 2 is 1.83 bits per heavy atom. The van der Waals surface area contributed by atoms with Gasteiger partial charge >= 0.3 is 7.82 Å². The number of fused-ring (bicyclic) bond motifs is 2. The molecule has 156 valence electrons. The molecule has 29 heavy (non-hydrogen) atoms. The highest BCUT2D eigenvalue weighted by Crippen LogP contribution is 2.52. The summed E-state index contributed by atoms with van der Waals surface area (Å²) in [5.74, 6) is 0.983. The number of unbranched alkanes of at least 4 members (excludes halogenated alkanes) is 4. The SMILES string of the molecule is CCCCCCCOP(=O)(O)OC1=Cc2ccccc2Sc2c(OC)cccc21. The summed E-state index contributed by atoms with van der Waals surface area (Å²) >= 11 is 1.54. The molecule has 0 radical (unpaired) electrons. The van der Waals surface area contributed by atoms with Gasteiger partial charge in [-0.3, -0.25) is 9.42 Å². The number of methoxy groups -OCH3 is 1. The van der Waals surface area contributed by atoms with Crippen LogP contribution in [0.15, 0.2) is 52.3 Å². The monoisotopic (exact) mass is 434 g/mol. The second-order valence-electron chi connectivity index (χ2n) is 6.79. The van der Waals surface area contributed by atoms with Crippen LogP contribution in [0.5, 0.6) is 5.75 Å². The zero-order valence-electron chi connectivity index (χ0n) is 16.8. The topological polar surface area (TPSA) is 65.0 Å². The van der Waals surface area contributed by atoms with E-state index in [0.29, 0.717) is 17.1 Å². The van der Waals surface area contributed by atoms with Crippen LogP contribution in [-0.2, 0) is 13.6 Å². The first-order valence-corrected chi connectivity index (χ1v) is 12.2. The minimum Gasteiger partial charge on any atom is -0.496 e. The zero-order valence-corrected chi connectivity index (χ0v) is 18.5. The molecular formula is C22H27O5PS. The van der Waals surface area contributed by atoms with E-state index in [1.807, 2.05) is 42.5 Å². The molecule has 0 aromatic heterocycles. The van der Waals surface area contributed by atoms with Gasteiger partial charge in [0.05, 0.1) is 18.6 Å². The molecule has 0 saturated heterocycles. The highest BCUT2D eigenvalue weighted by molar-refractivity contribution is 7.99. The van der Waals surface area contributed by atoms with Crippen molar-refractivity contribution in [1.82, 2.24) is 0 Å². The molecule has 0 fully saturated rings. The van der Waals surface area contributed by atoms with Gasteiger partial charge in [0.15, 0.2) is 0 Å². The third-order valence-electron chi connectivity index (χ3n) is 4.60. The van der Waals surface area contributed by atoms with Crippen LogP contribution in [0.1, 0.15) is 50.2 Å². The molecule has 1 unspecified atom stereocenters. The average Bonchev–Trinajstić information content (AvgIpc) is 2.86. The predicted octanol–water partition coefficient (Wildman–Crippen LogP) is 6.76. The van der Waals surface area contributed by atoms with Crippen molar-refractivity contribution >= 4 is 31.4 Å². The summed E-state index contributed by atoms with van der Waals surface area (Å²) in [6, 6.07) is 13.4. The summed E-state index contributed by atoms with van der Waals surface area (Å²) in [5, 5.41) is 0. The average molecular weight is 434 g/mol. The largest absolute Gasteiger partial charge is 0.527 e. The molecule has 0 spiro atoms. The number of rotatable bonds is 10. The number of phosphoric acid groups is 1. The van der Waals surface area contributed by atoms with Gasteiger partial charge in [-0.05, 0) is 36.3 Å². The fourth-order valence-corrected chi connectivity index (χ4v) is 5.06. The third kappa shape index (κ3) is 5.89. The smallest absolute Gasteiger partial charge is 0.496 e. The van der Waals surface area contributed by atoms with Gasteiger partial charge in [0.25, 0.3) is 0 Å². The van der Waals surface area contributed by atoms with E-state index in [-0.39, 0.29) is 6.61 Å². The number of ether oxygens (including phenoxy) is 1. The maximum absolute atomic E-state index is 12.6. The van der Waals surface area contributed by atoms with E-state index in [0.717, 1.165) is 47.5 Å². The Morgan fingerprint density at radius 3 is 2.62 bits per heavy atom. The van der Waals surface area contributed by atoms with Crippen LogP contribution in [-0.4, -0.2) is 18.6 Å². The molecule has 3 rings (SSSR count). The van der Waals surface area contributed by atoms with E-state index >= 15 is 0 Å². The molecule has 1 atom stereocenters. The molecule has 0 saturated carbocycles. The highest BCUT2D eigenvalue weighted by Gasteiger charge is 2.28. The van der Waals surface area contributed by atoms with E-state index in [1.54, 1.807) is 24.9 Å². The van der Waals surface area contributed by atoms with Crippen LogP contribution in [0.2, 0.25) is 0 Å². The van der Waals surface area contributed by atoms with Crippen molar-refractivity contribution < 1.29 is 23.2 Å². The molecule has 1 N–H and O–H groups in total. The lowest BCUT2D eigenvalue weighted by atomic mass is 10.1. The van der Waals surface area contributed by atoms with Gasteiger partial charge in [-0.1, -0.05) is 68.6 Å². The first kappa shape index (κ1) is 22.0. The third-order valence-corrected chi connectivity index (χ3v) is 6.75. The number of hydrogen-bond donors (Lipinski definition) is 1. The molecule has 0 bridgehead atoms. The lowest BCUT2D eigenvalue weighted by molar-refractivity contribution is 0.191. The highest BCUT2D eigenvalue weighted by atomic mass is 32.2. The minimum atomic E-state index is -4.25. The quantitative estimate of drug-likeness (QED) is 0.329. The van der Waals surface area contributed by atoms with Gasteiger partial charge in [0.2, 0.25) is 0 Å². The minimum absolute atomic E-state index is 0.196. The summed E-state index contributed by atoms with van der Waals surface area (Å²) in [4.78, 5) is 12.1. The standard InChI is InChI=1S/C22H27O5PS/c1-3-4-5-6-9-15-26-28(23,24)27-20-16-17-11-7-8-14-21(17)29-22-18(20)12-10-13-19(22)25-2/h7-8,10-14,16H,3-6,9,15H2,1-2H3,(H,23,24). The van der Waals surface area contributed by atoms with Gasteiger partial charge in [-0.2, -0.15) is 0 Å². The lowest BCUT2D eigenvalue weighted by Gasteiger charge is -2.17. The van der Waals surface area contributed by atoms with Crippen molar-refractivity contribution in [2.45, 2.75) is 48.8 Å². The molecule has 1 aliphatic rings. The first-order chi connectivity index (χ1) is 14.0. The second kappa shape index (κ2) is 10.4. The first-order valence-electron chi connectivity index (χ1n) is 9.87. The van der Waals surface area contributed by atoms with Gasteiger partial charge in [0, 0.05) is 10.5 Å². The molecule has 0 amide bonds. The summed E-state index contributed by atoms with van der Waals surface area (Å²) in [6.07, 6.45) is 6.90. The molecule has 5 nitrogen and oxygen atoms in total. The fourth-order valence-electron chi connectivity index (χ4n) is 3.11. The van der Waals surface area contributed by atoms with E-state index < -0.39 is 7.82 Å². The van der Waals surface area contributed by atoms with Gasteiger partial charge < -0.3 is 9.26 Å². The normalized spacial score (nSPS) is 14.8. The van der Waals surface area contributed by atoms with Crippen LogP contribution in [0.4, 0.5) is 0 Å². The molecule has 0 aliphatic carbocycles.